The first-order chi connectivity index (χ1) is 15.7. The van der Waals surface area contributed by atoms with E-state index < -0.39 is 10.0 Å². The van der Waals surface area contributed by atoms with Crippen molar-refractivity contribution in [3.05, 3.63) is 68.9 Å². The fraction of sp³-hybridized carbons (Fsp3) is 0.320. The van der Waals surface area contributed by atoms with Gasteiger partial charge >= 0.3 is 0 Å². The molecule has 2 heterocycles. The lowest BCUT2D eigenvalue weighted by atomic mass is 10.0. The number of nitrogens with zero attached hydrogens (tertiary/aromatic N) is 1. The number of nitrogens with one attached hydrogen (secondary N) is 2. The molecule has 4 rings (SSSR count). The lowest BCUT2D eigenvalue weighted by Crippen LogP contribution is -2.22. The molecule has 1 amide bonds. The molecule has 8 heteroatoms. The largest absolute Gasteiger partial charge is 0.371 e. The second-order valence-electron chi connectivity index (χ2n) is 8.59. The van der Waals surface area contributed by atoms with Crippen LogP contribution in [0.1, 0.15) is 44.8 Å². The van der Waals surface area contributed by atoms with Crippen molar-refractivity contribution in [1.82, 2.24) is 0 Å². The van der Waals surface area contributed by atoms with Gasteiger partial charge in [0.25, 0.3) is 15.9 Å². The molecule has 33 heavy (non-hydrogen) atoms. The van der Waals surface area contributed by atoms with Crippen LogP contribution in [0.25, 0.3) is 0 Å². The molecule has 6 nitrogen and oxygen atoms in total. The van der Waals surface area contributed by atoms with Gasteiger partial charge in [-0.2, -0.15) is 0 Å². The van der Waals surface area contributed by atoms with Crippen LogP contribution in [-0.2, 0) is 10.0 Å². The highest BCUT2D eigenvalue weighted by molar-refractivity contribution is 7.92. The Hall–Kier alpha value is -2.84. The predicted octanol–water partition coefficient (Wildman–Crippen LogP) is 5.64. The summed E-state index contributed by atoms with van der Waals surface area (Å²) in [5, 5.41) is 4.77. The first kappa shape index (κ1) is 23.3. The molecular formula is C25H29N3O3S2. The van der Waals surface area contributed by atoms with Crippen LogP contribution in [0.4, 0.5) is 17.1 Å². The third-order valence-electron chi connectivity index (χ3n) is 6.01. The molecule has 0 aliphatic carbocycles. The summed E-state index contributed by atoms with van der Waals surface area (Å²) in [6.45, 7) is 10.0. The van der Waals surface area contributed by atoms with Crippen LogP contribution in [0.15, 0.2) is 46.7 Å². The Bertz CT molecular complexity index is 1310. The zero-order valence-electron chi connectivity index (χ0n) is 19.4. The number of hydrogen-bond donors (Lipinski definition) is 2. The van der Waals surface area contributed by atoms with Crippen molar-refractivity contribution < 1.29 is 13.2 Å². The molecule has 0 atom stereocenters. The standard InChI is InChI=1S/C25H29N3O3S2/c1-16-8-7-9-20(14-16)33(30,31)27-21-10-13-32-24(21)25(29)26-22-17(2)15-18(3)23(19(22)4)28-11-5-6-12-28/h7-10,13-15,27H,5-6,11-12H2,1-4H3,(H,26,29). The summed E-state index contributed by atoms with van der Waals surface area (Å²) >= 11 is 1.21. The molecule has 1 saturated heterocycles. The van der Waals surface area contributed by atoms with E-state index in [1.165, 1.54) is 35.4 Å². The van der Waals surface area contributed by atoms with E-state index in [1.54, 1.807) is 29.6 Å². The number of anilines is 3. The Morgan fingerprint density at radius 2 is 1.73 bits per heavy atom. The molecule has 0 saturated carbocycles. The molecular weight excluding hydrogens is 454 g/mol. The molecule has 0 bridgehead atoms. The number of carbonyl (C=O) groups is 1. The van der Waals surface area contributed by atoms with E-state index in [4.69, 9.17) is 0 Å². The zero-order chi connectivity index (χ0) is 23.8. The summed E-state index contributed by atoms with van der Waals surface area (Å²) in [4.78, 5) is 16.1. The lowest BCUT2D eigenvalue weighted by molar-refractivity contribution is 0.103. The van der Waals surface area contributed by atoms with Crippen molar-refractivity contribution in [2.45, 2.75) is 45.4 Å². The van der Waals surface area contributed by atoms with E-state index in [0.29, 0.717) is 4.88 Å². The summed E-state index contributed by atoms with van der Waals surface area (Å²) in [6.07, 6.45) is 2.35. The molecule has 0 unspecified atom stereocenters. The quantitative estimate of drug-likeness (QED) is 0.476. The summed E-state index contributed by atoms with van der Waals surface area (Å²) in [5.41, 5.74) is 6.32. The van der Waals surface area contributed by atoms with E-state index in [1.807, 2.05) is 26.8 Å². The molecule has 3 aromatic rings. The Kier molecular flexibility index (Phi) is 6.50. The number of aryl methyl sites for hydroxylation is 3. The summed E-state index contributed by atoms with van der Waals surface area (Å²) in [6, 6.07) is 10.4. The van der Waals surface area contributed by atoms with Crippen LogP contribution in [0, 0.1) is 27.7 Å². The van der Waals surface area contributed by atoms with E-state index in [-0.39, 0.29) is 16.5 Å². The normalized spacial score (nSPS) is 13.9. The zero-order valence-corrected chi connectivity index (χ0v) is 21.0. The van der Waals surface area contributed by atoms with E-state index >= 15 is 0 Å². The van der Waals surface area contributed by atoms with Gasteiger partial charge in [0.2, 0.25) is 0 Å². The minimum atomic E-state index is -3.80. The Labute approximate surface area is 199 Å². The fourth-order valence-electron chi connectivity index (χ4n) is 4.52. The molecule has 174 valence electrons. The summed E-state index contributed by atoms with van der Waals surface area (Å²) < 4.78 is 28.3. The van der Waals surface area contributed by atoms with Crippen LogP contribution < -0.4 is 14.9 Å². The second-order valence-corrected chi connectivity index (χ2v) is 11.2. The second kappa shape index (κ2) is 9.19. The minimum absolute atomic E-state index is 0.167. The molecule has 1 aromatic heterocycles. The minimum Gasteiger partial charge on any atom is -0.371 e. The number of amides is 1. The van der Waals surface area contributed by atoms with Crippen molar-refractivity contribution >= 4 is 44.3 Å². The maximum Gasteiger partial charge on any atom is 0.267 e. The van der Waals surface area contributed by atoms with Gasteiger partial charge in [-0.1, -0.05) is 18.2 Å². The maximum absolute atomic E-state index is 13.2. The average Bonchev–Trinajstić information content (AvgIpc) is 3.43. The highest BCUT2D eigenvalue weighted by Crippen LogP contribution is 2.36. The first-order valence-electron chi connectivity index (χ1n) is 11.0. The van der Waals surface area contributed by atoms with Gasteiger partial charge in [-0.15, -0.1) is 11.3 Å². The van der Waals surface area contributed by atoms with Crippen LogP contribution in [0.3, 0.4) is 0 Å². The van der Waals surface area contributed by atoms with Gasteiger partial charge in [0, 0.05) is 24.5 Å². The molecule has 2 N–H and O–H groups in total. The van der Waals surface area contributed by atoms with Crippen molar-refractivity contribution in [2.75, 3.05) is 28.0 Å². The Balaban J connectivity index is 1.61. The molecule has 0 spiro atoms. The average molecular weight is 484 g/mol. The van der Waals surface area contributed by atoms with E-state index in [2.05, 4.69) is 27.9 Å². The van der Waals surface area contributed by atoms with Crippen LogP contribution >= 0.6 is 11.3 Å². The third kappa shape index (κ3) is 4.77. The fourth-order valence-corrected chi connectivity index (χ4v) is 6.50. The Morgan fingerprint density at radius 3 is 2.42 bits per heavy atom. The van der Waals surface area contributed by atoms with Gasteiger partial charge in [0.1, 0.15) is 4.88 Å². The topological polar surface area (TPSA) is 78.5 Å². The van der Waals surface area contributed by atoms with Crippen molar-refractivity contribution in [3.63, 3.8) is 0 Å². The SMILES string of the molecule is Cc1cccc(S(=O)(=O)Nc2ccsc2C(=O)Nc2c(C)cc(C)c(N3CCCC3)c2C)c1. The van der Waals surface area contributed by atoms with Crippen LogP contribution in [0.2, 0.25) is 0 Å². The molecule has 1 fully saturated rings. The lowest BCUT2D eigenvalue weighted by Gasteiger charge is -2.26. The van der Waals surface area contributed by atoms with Gasteiger partial charge in [0.15, 0.2) is 0 Å². The number of hydrogen-bond acceptors (Lipinski definition) is 5. The van der Waals surface area contributed by atoms with Gasteiger partial charge in [-0.3, -0.25) is 9.52 Å². The summed E-state index contributed by atoms with van der Waals surface area (Å²) in [7, 11) is -3.80. The molecule has 1 aliphatic heterocycles. The summed E-state index contributed by atoms with van der Waals surface area (Å²) in [5.74, 6) is -0.325. The Morgan fingerprint density at radius 1 is 1.00 bits per heavy atom. The third-order valence-corrected chi connectivity index (χ3v) is 8.28. The molecule has 0 radical (unpaired) electrons. The number of benzene rings is 2. The van der Waals surface area contributed by atoms with Gasteiger partial charge in [-0.25, -0.2) is 8.42 Å². The van der Waals surface area contributed by atoms with Gasteiger partial charge in [0.05, 0.1) is 10.6 Å². The van der Waals surface area contributed by atoms with Crippen LogP contribution in [-0.4, -0.2) is 27.4 Å². The number of carbonyl (C=O) groups excluding carboxylic acids is 1. The maximum atomic E-state index is 13.2. The van der Waals surface area contributed by atoms with Crippen LogP contribution in [0.5, 0.6) is 0 Å². The van der Waals surface area contributed by atoms with Crippen molar-refractivity contribution in [1.29, 1.82) is 0 Å². The van der Waals surface area contributed by atoms with Crippen molar-refractivity contribution in [3.8, 4) is 0 Å². The first-order valence-corrected chi connectivity index (χ1v) is 13.4. The van der Waals surface area contributed by atoms with Crippen molar-refractivity contribution in [2.24, 2.45) is 0 Å². The molecule has 2 aromatic carbocycles. The highest BCUT2D eigenvalue weighted by Gasteiger charge is 2.23. The number of sulfonamides is 1. The molecule has 1 aliphatic rings. The highest BCUT2D eigenvalue weighted by atomic mass is 32.2. The number of rotatable bonds is 6. The number of thiophene rings is 1. The smallest absolute Gasteiger partial charge is 0.267 e. The van der Waals surface area contributed by atoms with Gasteiger partial charge in [-0.05, 0) is 86.4 Å². The van der Waals surface area contributed by atoms with E-state index in [0.717, 1.165) is 35.5 Å². The predicted molar refractivity (Wildman–Crippen MR) is 136 cm³/mol. The monoisotopic (exact) mass is 483 g/mol. The van der Waals surface area contributed by atoms with Gasteiger partial charge < -0.3 is 10.2 Å². The van der Waals surface area contributed by atoms with E-state index in [9.17, 15) is 13.2 Å².